The van der Waals surface area contributed by atoms with Crippen LogP contribution in [0, 0.1) is 6.92 Å². The van der Waals surface area contributed by atoms with Gasteiger partial charge >= 0.3 is 6.18 Å². The molecular weight excluding hydrogens is 298 g/mol. The van der Waals surface area contributed by atoms with Gasteiger partial charge in [0.15, 0.2) is 11.8 Å². The third kappa shape index (κ3) is 2.54. The summed E-state index contributed by atoms with van der Waals surface area (Å²) < 4.78 is 53.7. The molecule has 0 aliphatic carbocycles. The fourth-order valence-electron chi connectivity index (χ4n) is 2.28. The Balaban J connectivity index is 2.02. The van der Waals surface area contributed by atoms with Crippen molar-refractivity contribution in [2.24, 2.45) is 0 Å². The second kappa shape index (κ2) is 5.08. The van der Waals surface area contributed by atoms with Gasteiger partial charge in [-0.1, -0.05) is 12.1 Å². The maximum absolute atomic E-state index is 14.7. The Kier molecular flexibility index (Phi) is 3.35. The van der Waals surface area contributed by atoms with Crippen molar-refractivity contribution < 1.29 is 17.6 Å². The number of alkyl halides is 4. The van der Waals surface area contributed by atoms with Gasteiger partial charge in [-0.25, -0.2) is 13.9 Å². The second-order valence-corrected chi connectivity index (χ2v) is 4.97. The molecule has 0 aliphatic heterocycles. The Hall–Kier alpha value is -2.44. The van der Waals surface area contributed by atoms with Crippen LogP contribution in [0.5, 0.6) is 0 Å². The first-order valence-corrected chi connectivity index (χ1v) is 6.48. The average Bonchev–Trinajstić information content (AvgIpc) is 2.93. The maximum Gasteiger partial charge on any atom is 0.416 e. The van der Waals surface area contributed by atoms with E-state index in [0.717, 1.165) is 29.8 Å². The average molecular weight is 309 g/mol. The summed E-state index contributed by atoms with van der Waals surface area (Å²) in [5.74, 6) is 0. The SMILES string of the molecule is Cc1cc(C(F)c2ccc(C(F)(F)F)cc2)n2ncnc2c1. The summed E-state index contributed by atoms with van der Waals surface area (Å²) in [7, 11) is 0. The van der Waals surface area contributed by atoms with E-state index in [1.54, 1.807) is 19.1 Å². The van der Waals surface area contributed by atoms with Gasteiger partial charge < -0.3 is 0 Å². The highest BCUT2D eigenvalue weighted by molar-refractivity contribution is 5.43. The predicted molar refractivity (Wildman–Crippen MR) is 72.1 cm³/mol. The van der Waals surface area contributed by atoms with E-state index >= 15 is 0 Å². The van der Waals surface area contributed by atoms with Crippen molar-refractivity contribution in [1.29, 1.82) is 0 Å². The van der Waals surface area contributed by atoms with Gasteiger partial charge in [0, 0.05) is 0 Å². The van der Waals surface area contributed by atoms with Crippen LogP contribution in [0.4, 0.5) is 17.6 Å². The van der Waals surface area contributed by atoms with E-state index in [1.807, 2.05) is 0 Å². The zero-order chi connectivity index (χ0) is 15.9. The first-order chi connectivity index (χ1) is 10.4. The van der Waals surface area contributed by atoms with Gasteiger partial charge in [0.25, 0.3) is 0 Å². The van der Waals surface area contributed by atoms with Crippen molar-refractivity contribution in [3.8, 4) is 0 Å². The predicted octanol–water partition coefficient (Wildman–Crippen LogP) is 4.12. The summed E-state index contributed by atoms with van der Waals surface area (Å²) >= 11 is 0. The zero-order valence-corrected chi connectivity index (χ0v) is 11.5. The number of halogens is 4. The summed E-state index contributed by atoms with van der Waals surface area (Å²) in [6.07, 6.45) is -4.73. The lowest BCUT2D eigenvalue weighted by molar-refractivity contribution is -0.137. The van der Waals surface area contributed by atoms with Crippen LogP contribution in [0.2, 0.25) is 0 Å². The molecule has 1 atom stereocenters. The smallest absolute Gasteiger partial charge is 0.235 e. The maximum atomic E-state index is 14.7. The highest BCUT2D eigenvalue weighted by Gasteiger charge is 2.30. The molecule has 0 amide bonds. The number of fused-ring (bicyclic) bond motifs is 1. The van der Waals surface area contributed by atoms with Gasteiger partial charge in [0.05, 0.1) is 11.3 Å². The summed E-state index contributed by atoms with van der Waals surface area (Å²) in [5.41, 5.74) is 0.843. The molecule has 1 aromatic carbocycles. The molecule has 114 valence electrons. The molecule has 2 heterocycles. The third-order valence-corrected chi connectivity index (χ3v) is 3.34. The topological polar surface area (TPSA) is 30.2 Å². The Morgan fingerprint density at radius 1 is 1.09 bits per heavy atom. The molecule has 0 fully saturated rings. The van der Waals surface area contributed by atoms with E-state index in [1.165, 1.54) is 10.8 Å². The number of benzene rings is 1. The zero-order valence-electron chi connectivity index (χ0n) is 11.5. The number of rotatable bonds is 2. The van der Waals surface area contributed by atoms with Gasteiger partial charge in [-0.05, 0) is 42.3 Å². The lowest BCUT2D eigenvalue weighted by Crippen LogP contribution is -2.07. The minimum atomic E-state index is -4.44. The molecule has 3 rings (SSSR count). The number of aryl methyl sites for hydroxylation is 1. The fraction of sp³-hybridized carbons (Fsp3) is 0.200. The van der Waals surface area contributed by atoms with Gasteiger partial charge in [0.1, 0.15) is 6.33 Å². The Morgan fingerprint density at radius 3 is 2.41 bits per heavy atom. The number of hydrogen-bond acceptors (Lipinski definition) is 2. The summed E-state index contributed by atoms with van der Waals surface area (Å²) in [5, 5.41) is 3.95. The van der Waals surface area contributed by atoms with Crippen molar-refractivity contribution in [2.45, 2.75) is 19.3 Å². The number of pyridine rings is 1. The summed E-state index contributed by atoms with van der Waals surface area (Å²) in [6, 6.07) is 7.36. The normalized spacial score (nSPS) is 13.5. The van der Waals surface area contributed by atoms with E-state index in [4.69, 9.17) is 0 Å². The fourth-order valence-corrected chi connectivity index (χ4v) is 2.28. The Morgan fingerprint density at radius 2 is 1.77 bits per heavy atom. The van der Waals surface area contributed by atoms with Gasteiger partial charge in [0.2, 0.25) is 0 Å². The van der Waals surface area contributed by atoms with Crippen molar-refractivity contribution in [3.05, 3.63) is 65.1 Å². The molecule has 22 heavy (non-hydrogen) atoms. The van der Waals surface area contributed by atoms with Crippen LogP contribution >= 0.6 is 0 Å². The van der Waals surface area contributed by atoms with E-state index in [9.17, 15) is 17.6 Å². The van der Waals surface area contributed by atoms with Gasteiger partial charge in [-0.3, -0.25) is 0 Å². The molecule has 0 saturated carbocycles. The van der Waals surface area contributed by atoms with Crippen molar-refractivity contribution >= 4 is 5.65 Å². The number of hydrogen-bond donors (Lipinski definition) is 0. The summed E-state index contributed by atoms with van der Waals surface area (Å²) in [4.78, 5) is 4.00. The largest absolute Gasteiger partial charge is 0.416 e. The van der Waals surface area contributed by atoms with Crippen LogP contribution in [0.3, 0.4) is 0 Å². The quantitative estimate of drug-likeness (QED) is 0.667. The highest BCUT2D eigenvalue weighted by Crippen LogP contribution is 2.32. The molecule has 0 saturated heterocycles. The molecule has 3 aromatic rings. The lowest BCUT2D eigenvalue weighted by atomic mass is 10.0. The first-order valence-electron chi connectivity index (χ1n) is 6.48. The molecule has 3 nitrogen and oxygen atoms in total. The summed E-state index contributed by atoms with van der Waals surface area (Å²) in [6.45, 7) is 1.79. The molecule has 0 spiro atoms. The molecule has 0 N–H and O–H groups in total. The second-order valence-electron chi connectivity index (χ2n) is 4.97. The van der Waals surface area contributed by atoms with E-state index < -0.39 is 17.9 Å². The van der Waals surface area contributed by atoms with Crippen LogP contribution in [0.1, 0.15) is 28.6 Å². The Bertz CT molecular complexity index is 806. The van der Waals surface area contributed by atoms with Crippen LogP contribution in [0.25, 0.3) is 5.65 Å². The molecule has 7 heteroatoms. The van der Waals surface area contributed by atoms with Crippen LogP contribution in [0.15, 0.2) is 42.7 Å². The van der Waals surface area contributed by atoms with Crippen molar-refractivity contribution in [2.75, 3.05) is 0 Å². The molecule has 0 radical (unpaired) electrons. The molecule has 0 bridgehead atoms. The lowest BCUT2D eigenvalue weighted by Gasteiger charge is -2.13. The van der Waals surface area contributed by atoms with Crippen molar-refractivity contribution in [1.82, 2.24) is 14.6 Å². The molecule has 0 aliphatic rings. The van der Waals surface area contributed by atoms with Gasteiger partial charge in [-0.15, -0.1) is 0 Å². The minimum Gasteiger partial charge on any atom is -0.235 e. The van der Waals surface area contributed by atoms with Crippen LogP contribution in [-0.2, 0) is 6.18 Å². The third-order valence-electron chi connectivity index (χ3n) is 3.34. The van der Waals surface area contributed by atoms with E-state index in [2.05, 4.69) is 10.1 Å². The minimum absolute atomic E-state index is 0.135. The van der Waals surface area contributed by atoms with E-state index in [-0.39, 0.29) is 11.3 Å². The van der Waals surface area contributed by atoms with Crippen LogP contribution < -0.4 is 0 Å². The Labute approximate surface area is 123 Å². The van der Waals surface area contributed by atoms with Gasteiger partial charge in [-0.2, -0.15) is 18.3 Å². The molecule has 1 unspecified atom stereocenters. The number of nitrogens with zero attached hydrogens (tertiary/aromatic N) is 3. The molecule has 2 aromatic heterocycles. The highest BCUT2D eigenvalue weighted by atomic mass is 19.4. The van der Waals surface area contributed by atoms with E-state index in [0.29, 0.717) is 5.65 Å². The monoisotopic (exact) mass is 309 g/mol. The standard InChI is InChI=1S/C15H11F4N3/c1-9-6-12(22-13(7-9)20-8-21-22)14(16)10-2-4-11(5-3-10)15(17,18)19/h2-8,14H,1H3. The first kappa shape index (κ1) is 14.5. The van der Waals surface area contributed by atoms with Crippen molar-refractivity contribution in [3.63, 3.8) is 0 Å². The number of aromatic nitrogens is 3. The van der Waals surface area contributed by atoms with Crippen LogP contribution in [-0.4, -0.2) is 14.6 Å². The molecular formula is C15H11F4N3.